The van der Waals surface area contributed by atoms with Crippen LogP contribution in [0.15, 0.2) is 42.5 Å². The number of rotatable bonds is 5. The maximum absolute atomic E-state index is 13.3. The summed E-state index contributed by atoms with van der Waals surface area (Å²) in [5.41, 5.74) is 0.602. The van der Waals surface area contributed by atoms with Crippen LogP contribution >= 0.6 is 0 Å². The highest BCUT2D eigenvalue weighted by molar-refractivity contribution is 5.92. The Bertz CT molecular complexity index is 647. The third-order valence-electron chi connectivity index (χ3n) is 2.75. The highest BCUT2D eigenvalue weighted by Gasteiger charge is 2.06. The van der Waals surface area contributed by atoms with Crippen molar-refractivity contribution in [3.8, 4) is 0 Å². The average Bonchev–Trinajstić information content (AvgIpc) is 2.45. The molecule has 0 aliphatic carbocycles. The highest BCUT2D eigenvalue weighted by Crippen LogP contribution is 2.12. The van der Waals surface area contributed by atoms with Gasteiger partial charge in [0.2, 0.25) is 5.91 Å². The van der Waals surface area contributed by atoms with Crippen molar-refractivity contribution in [3.63, 3.8) is 0 Å². The summed E-state index contributed by atoms with van der Waals surface area (Å²) in [6.07, 6.45) is 0. The second kappa shape index (κ2) is 6.90. The van der Waals surface area contributed by atoms with Crippen LogP contribution in [0.25, 0.3) is 0 Å². The van der Waals surface area contributed by atoms with Crippen molar-refractivity contribution in [2.45, 2.75) is 6.54 Å². The van der Waals surface area contributed by atoms with Gasteiger partial charge in [0.1, 0.15) is 5.82 Å². The van der Waals surface area contributed by atoms with E-state index in [0.717, 1.165) is 12.1 Å². The number of carbonyl (C=O) groups is 1. The lowest BCUT2D eigenvalue weighted by molar-refractivity contribution is -0.115. The Hall–Kier alpha value is -2.34. The van der Waals surface area contributed by atoms with Crippen LogP contribution in [0, 0.1) is 17.5 Å². The van der Waals surface area contributed by atoms with Crippen molar-refractivity contribution < 1.29 is 18.0 Å². The molecule has 0 bridgehead atoms. The first-order valence-corrected chi connectivity index (χ1v) is 6.25. The van der Waals surface area contributed by atoms with Crippen molar-refractivity contribution in [2.24, 2.45) is 0 Å². The molecule has 0 spiro atoms. The van der Waals surface area contributed by atoms with E-state index in [9.17, 15) is 18.0 Å². The molecule has 0 saturated heterocycles. The summed E-state index contributed by atoms with van der Waals surface area (Å²) >= 11 is 0. The molecule has 2 rings (SSSR count). The second-order valence-corrected chi connectivity index (χ2v) is 4.38. The number of hydrogen-bond acceptors (Lipinski definition) is 2. The Kier molecular flexibility index (Phi) is 4.94. The van der Waals surface area contributed by atoms with E-state index in [0.29, 0.717) is 5.56 Å². The number of halogens is 3. The van der Waals surface area contributed by atoms with Crippen molar-refractivity contribution in [3.05, 3.63) is 65.5 Å². The number of hydrogen-bond donors (Lipinski definition) is 2. The summed E-state index contributed by atoms with van der Waals surface area (Å²) in [7, 11) is 0. The topological polar surface area (TPSA) is 41.1 Å². The Balaban J connectivity index is 1.82. The van der Waals surface area contributed by atoms with Gasteiger partial charge in [0.15, 0.2) is 11.6 Å². The average molecular weight is 294 g/mol. The molecule has 6 heteroatoms. The maximum atomic E-state index is 13.3. The van der Waals surface area contributed by atoms with Crippen molar-refractivity contribution in [1.82, 2.24) is 5.32 Å². The zero-order valence-electron chi connectivity index (χ0n) is 11.0. The van der Waals surface area contributed by atoms with Crippen LogP contribution in [-0.4, -0.2) is 12.5 Å². The molecule has 1 amide bonds. The molecule has 0 radical (unpaired) electrons. The quantitative estimate of drug-likeness (QED) is 0.890. The summed E-state index contributed by atoms with van der Waals surface area (Å²) in [6, 6.07) is 9.30. The lowest BCUT2D eigenvalue weighted by Crippen LogP contribution is -2.28. The minimum atomic E-state index is -0.940. The van der Waals surface area contributed by atoms with Crippen molar-refractivity contribution in [1.29, 1.82) is 0 Å². The monoisotopic (exact) mass is 294 g/mol. The standard InChI is InChI=1S/C15H13F3N2O/c16-11-6-5-10(7-13(11)18)8-19-9-15(21)20-14-4-2-1-3-12(14)17/h1-7,19H,8-9H2,(H,20,21). The molecule has 0 aliphatic rings. The van der Waals surface area contributed by atoms with Gasteiger partial charge in [-0.2, -0.15) is 0 Å². The zero-order valence-corrected chi connectivity index (χ0v) is 11.0. The van der Waals surface area contributed by atoms with Crippen LogP contribution < -0.4 is 10.6 Å². The van der Waals surface area contributed by atoms with Gasteiger partial charge in [-0.1, -0.05) is 18.2 Å². The Morgan fingerprint density at radius 2 is 1.71 bits per heavy atom. The number of anilines is 1. The molecule has 2 N–H and O–H groups in total. The third-order valence-corrected chi connectivity index (χ3v) is 2.75. The van der Waals surface area contributed by atoms with Crippen LogP contribution in [0.1, 0.15) is 5.56 Å². The molecule has 21 heavy (non-hydrogen) atoms. The molecule has 0 saturated carbocycles. The van der Waals surface area contributed by atoms with E-state index >= 15 is 0 Å². The Morgan fingerprint density at radius 1 is 0.952 bits per heavy atom. The predicted octanol–water partition coefficient (Wildman–Crippen LogP) is 2.83. The van der Waals surface area contributed by atoms with Gasteiger partial charge in [-0.15, -0.1) is 0 Å². The maximum Gasteiger partial charge on any atom is 0.238 e. The lowest BCUT2D eigenvalue weighted by Gasteiger charge is -2.07. The first-order chi connectivity index (χ1) is 10.1. The van der Waals surface area contributed by atoms with Crippen LogP contribution in [-0.2, 0) is 11.3 Å². The molecule has 0 unspecified atom stereocenters. The molecular weight excluding hydrogens is 281 g/mol. The van der Waals surface area contributed by atoms with Gasteiger partial charge >= 0.3 is 0 Å². The number of amides is 1. The second-order valence-electron chi connectivity index (χ2n) is 4.38. The van der Waals surface area contributed by atoms with E-state index in [1.54, 1.807) is 6.07 Å². The number of benzene rings is 2. The van der Waals surface area contributed by atoms with Crippen molar-refractivity contribution >= 4 is 11.6 Å². The van der Waals surface area contributed by atoms with Gasteiger partial charge in [0, 0.05) is 6.54 Å². The van der Waals surface area contributed by atoms with E-state index < -0.39 is 23.4 Å². The number of carbonyl (C=O) groups excluding carboxylic acids is 1. The smallest absolute Gasteiger partial charge is 0.238 e. The fraction of sp³-hybridized carbons (Fsp3) is 0.133. The minimum Gasteiger partial charge on any atom is -0.322 e. The van der Waals surface area contributed by atoms with Gasteiger partial charge in [-0.05, 0) is 29.8 Å². The highest BCUT2D eigenvalue weighted by atomic mass is 19.2. The van der Waals surface area contributed by atoms with Gasteiger partial charge < -0.3 is 10.6 Å². The van der Waals surface area contributed by atoms with E-state index in [4.69, 9.17) is 0 Å². The lowest BCUT2D eigenvalue weighted by atomic mass is 10.2. The van der Waals surface area contributed by atoms with Crippen LogP contribution in [0.3, 0.4) is 0 Å². The number of nitrogens with one attached hydrogen (secondary N) is 2. The zero-order chi connectivity index (χ0) is 15.2. The molecule has 0 heterocycles. The van der Waals surface area contributed by atoms with Crippen LogP contribution in [0.2, 0.25) is 0 Å². The van der Waals surface area contributed by atoms with Gasteiger partial charge in [0.05, 0.1) is 12.2 Å². The first kappa shape index (κ1) is 15.1. The fourth-order valence-corrected chi connectivity index (χ4v) is 1.73. The fourth-order valence-electron chi connectivity index (χ4n) is 1.73. The number of para-hydroxylation sites is 1. The molecule has 2 aromatic carbocycles. The molecule has 0 fully saturated rings. The minimum absolute atomic E-state index is 0.0761. The van der Waals surface area contributed by atoms with E-state index in [1.807, 2.05) is 0 Å². The van der Waals surface area contributed by atoms with Gasteiger partial charge in [0.25, 0.3) is 0 Å². The van der Waals surface area contributed by atoms with E-state index in [2.05, 4.69) is 10.6 Å². The summed E-state index contributed by atoms with van der Waals surface area (Å²) in [5, 5.41) is 5.17. The summed E-state index contributed by atoms with van der Waals surface area (Å²) in [5.74, 6) is -2.81. The van der Waals surface area contributed by atoms with Crippen LogP contribution in [0.4, 0.5) is 18.9 Å². The van der Waals surface area contributed by atoms with E-state index in [-0.39, 0.29) is 18.8 Å². The molecule has 110 valence electrons. The molecule has 0 aromatic heterocycles. The first-order valence-electron chi connectivity index (χ1n) is 6.25. The third kappa shape index (κ3) is 4.32. The molecule has 0 aliphatic heterocycles. The predicted molar refractivity (Wildman–Crippen MR) is 73.1 cm³/mol. The largest absolute Gasteiger partial charge is 0.322 e. The Morgan fingerprint density at radius 3 is 2.43 bits per heavy atom. The Labute approximate surface area is 119 Å². The van der Waals surface area contributed by atoms with Gasteiger partial charge in [-0.25, -0.2) is 13.2 Å². The van der Waals surface area contributed by atoms with E-state index in [1.165, 1.54) is 24.3 Å². The molecule has 0 atom stereocenters. The van der Waals surface area contributed by atoms with Gasteiger partial charge in [-0.3, -0.25) is 4.79 Å². The van der Waals surface area contributed by atoms with Crippen molar-refractivity contribution in [2.75, 3.05) is 11.9 Å². The molecular formula is C15H13F3N2O. The summed E-state index contributed by atoms with van der Waals surface area (Å²) < 4.78 is 39.0. The summed E-state index contributed by atoms with van der Waals surface area (Å²) in [4.78, 5) is 11.6. The molecule has 3 nitrogen and oxygen atoms in total. The van der Waals surface area contributed by atoms with Crippen LogP contribution in [0.5, 0.6) is 0 Å². The molecule has 2 aromatic rings. The SMILES string of the molecule is O=C(CNCc1ccc(F)c(F)c1)Nc1ccccc1F. The summed E-state index contributed by atoms with van der Waals surface area (Å²) in [6.45, 7) is 0.120. The normalized spacial score (nSPS) is 10.4.